The molecule has 2 aromatic carbocycles. The van der Waals surface area contributed by atoms with Gasteiger partial charge in [0.2, 0.25) is 10.0 Å². The number of pyridine rings is 1. The van der Waals surface area contributed by atoms with Crippen molar-refractivity contribution >= 4 is 10.0 Å². The summed E-state index contributed by atoms with van der Waals surface area (Å²) in [6, 6.07) is 22.9. The second-order valence-corrected chi connectivity index (χ2v) is 9.53. The van der Waals surface area contributed by atoms with Crippen LogP contribution in [0.5, 0.6) is 0 Å². The Labute approximate surface area is 184 Å². The first-order valence-corrected chi connectivity index (χ1v) is 12.0. The lowest BCUT2D eigenvalue weighted by Gasteiger charge is -2.39. The smallest absolute Gasteiger partial charge is 0.240 e. The quantitative estimate of drug-likeness (QED) is 0.588. The molecule has 0 amide bonds. The molecule has 0 aliphatic carbocycles. The molecule has 0 saturated carbocycles. The molecule has 31 heavy (non-hydrogen) atoms. The molecule has 1 aliphatic heterocycles. The van der Waals surface area contributed by atoms with Crippen molar-refractivity contribution in [2.45, 2.75) is 17.5 Å². The third kappa shape index (κ3) is 5.77. The number of hydrogen-bond donors (Lipinski definition) is 1. The summed E-state index contributed by atoms with van der Waals surface area (Å²) in [5.41, 5.74) is 2.34. The van der Waals surface area contributed by atoms with Gasteiger partial charge < -0.3 is 0 Å². The molecule has 3 aromatic rings. The molecule has 4 rings (SSSR count). The first kappa shape index (κ1) is 21.6. The van der Waals surface area contributed by atoms with Crippen LogP contribution in [0.4, 0.5) is 0 Å². The monoisotopic (exact) mass is 436 g/mol. The fourth-order valence-corrected chi connectivity index (χ4v) is 5.04. The largest absolute Gasteiger partial charge is 0.297 e. The van der Waals surface area contributed by atoms with Gasteiger partial charge in [0, 0.05) is 57.7 Å². The van der Waals surface area contributed by atoms with Gasteiger partial charge in [0.25, 0.3) is 0 Å². The summed E-state index contributed by atoms with van der Waals surface area (Å²) in [6.45, 7) is 4.88. The zero-order valence-corrected chi connectivity index (χ0v) is 18.3. The minimum atomic E-state index is -3.56. The Morgan fingerprint density at radius 1 is 0.871 bits per heavy atom. The molecule has 0 unspecified atom stereocenters. The summed E-state index contributed by atoms with van der Waals surface area (Å²) in [5.74, 6) is 0. The first-order chi connectivity index (χ1) is 15.1. The van der Waals surface area contributed by atoms with E-state index < -0.39 is 10.0 Å². The summed E-state index contributed by atoms with van der Waals surface area (Å²) in [7, 11) is -3.56. The number of hydrogen-bond acceptors (Lipinski definition) is 5. The van der Waals surface area contributed by atoms with Crippen LogP contribution in [-0.4, -0.2) is 55.9 Å². The minimum absolute atomic E-state index is 0.0638. The summed E-state index contributed by atoms with van der Waals surface area (Å²) in [5, 5.41) is 0. The lowest BCUT2D eigenvalue weighted by Crippen LogP contribution is -2.49. The predicted octanol–water partition coefficient (Wildman–Crippen LogP) is 2.92. The summed E-state index contributed by atoms with van der Waals surface area (Å²) < 4.78 is 28.3. The van der Waals surface area contributed by atoms with Crippen LogP contribution in [0.2, 0.25) is 0 Å². The maximum absolute atomic E-state index is 12.8. The Morgan fingerprint density at radius 2 is 1.55 bits per heavy atom. The first-order valence-electron chi connectivity index (χ1n) is 10.6. The topological polar surface area (TPSA) is 65.5 Å². The van der Waals surface area contributed by atoms with Crippen molar-refractivity contribution in [3.05, 3.63) is 96.3 Å². The molecule has 1 saturated heterocycles. The molecular formula is C24H28N4O2S. The molecule has 0 radical (unpaired) electrons. The van der Waals surface area contributed by atoms with Crippen LogP contribution in [0.1, 0.15) is 17.2 Å². The Balaban J connectivity index is 1.43. The second kappa shape index (κ2) is 10.2. The lowest BCUT2D eigenvalue weighted by molar-refractivity contribution is 0.0927. The highest BCUT2D eigenvalue weighted by atomic mass is 32.2. The van der Waals surface area contributed by atoms with Crippen molar-refractivity contribution in [3.8, 4) is 0 Å². The number of nitrogens with one attached hydrogen (secondary N) is 1. The van der Waals surface area contributed by atoms with E-state index in [0.717, 1.165) is 38.3 Å². The van der Waals surface area contributed by atoms with Crippen LogP contribution >= 0.6 is 0 Å². The Hall–Kier alpha value is -2.58. The van der Waals surface area contributed by atoms with Crippen LogP contribution in [0, 0.1) is 0 Å². The molecule has 7 heteroatoms. The van der Waals surface area contributed by atoms with Crippen molar-refractivity contribution in [2.75, 3.05) is 32.7 Å². The highest BCUT2D eigenvalue weighted by Gasteiger charge is 2.27. The summed E-state index contributed by atoms with van der Waals surface area (Å²) in [6.07, 6.45) is 3.57. The number of benzene rings is 2. The molecular weight excluding hydrogens is 408 g/mol. The molecule has 162 valence electrons. The molecule has 1 aromatic heterocycles. The second-order valence-electron chi connectivity index (χ2n) is 7.76. The van der Waals surface area contributed by atoms with Gasteiger partial charge in [-0.25, -0.2) is 13.1 Å². The molecule has 0 bridgehead atoms. The number of aromatic nitrogens is 1. The van der Waals surface area contributed by atoms with E-state index in [1.54, 1.807) is 30.5 Å². The third-order valence-electron chi connectivity index (χ3n) is 5.69. The molecule has 1 N–H and O–H groups in total. The van der Waals surface area contributed by atoms with Gasteiger partial charge in [-0.15, -0.1) is 0 Å². The zero-order valence-electron chi connectivity index (χ0n) is 17.5. The average Bonchev–Trinajstić information content (AvgIpc) is 2.82. The van der Waals surface area contributed by atoms with Crippen molar-refractivity contribution in [3.63, 3.8) is 0 Å². The number of sulfonamides is 1. The van der Waals surface area contributed by atoms with Crippen LogP contribution in [0.15, 0.2) is 90.1 Å². The van der Waals surface area contributed by atoms with Crippen molar-refractivity contribution in [1.29, 1.82) is 0 Å². The fraction of sp³-hybridized carbons (Fsp3) is 0.292. The highest BCUT2D eigenvalue weighted by molar-refractivity contribution is 7.89. The van der Waals surface area contributed by atoms with Gasteiger partial charge in [-0.3, -0.25) is 14.8 Å². The van der Waals surface area contributed by atoms with Crippen LogP contribution in [-0.2, 0) is 16.6 Å². The predicted molar refractivity (Wildman–Crippen MR) is 122 cm³/mol. The zero-order chi connectivity index (χ0) is 21.5. The maximum atomic E-state index is 12.8. The lowest BCUT2D eigenvalue weighted by atomic mass is 10.1. The third-order valence-corrected chi connectivity index (χ3v) is 7.13. The van der Waals surface area contributed by atoms with Gasteiger partial charge in [-0.1, -0.05) is 54.6 Å². The van der Waals surface area contributed by atoms with E-state index in [1.165, 1.54) is 5.56 Å². The van der Waals surface area contributed by atoms with Gasteiger partial charge in [0.1, 0.15) is 0 Å². The van der Waals surface area contributed by atoms with Gasteiger partial charge in [0.15, 0.2) is 0 Å². The Bertz CT molecular complexity index is 1040. The van der Waals surface area contributed by atoms with E-state index in [0.29, 0.717) is 6.54 Å². The Morgan fingerprint density at radius 3 is 2.19 bits per heavy atom. The molecule has 1 fully saturated rings. The van der Waals surface area contributed by atoms with E-state index in [-0.39, 0.29) is 10.9 Å². The van der Waals surface area contributed by atoms with E-state index in [9.17, 15) is 8.42 Å². The van der Waals surface area contributed by atoms with E-state index in [4.69, 9.17) is 0 Å². The molecule has 1 aliphatic rings. The van der Waals surface area contributed by atoms with Crippen molar-refractivity contribution < 1.29 is 8.42 Å². The van der Waals surface area contributed by atoms with E-state index in [2.05, 4.69) is 43.8 Å². The van der Waals surface area contributed by atoms with Crippen LogP contribution in [0.25, 0.3) is 0 Å². The number of rotatable bonds is 8. The van der Waals surface area contributed by atoms with Crippen molar-refractivity contribution in [1.82, 2.24) is 19.5 Å². The molecule has 0 spiro atoms. The fourth-order valence-electron chi connectivity index (χ4n) is 3.98. The van der Waals surface area contributed by atoms with Gasteiger partial charge >= 0.3 is 0 Å². The summed E-state index contributed by atoms with van der Waals surface area (Å²) in [4.78, 5) is 9.34. The molecule has 2 heterocycles. The molecule has 6 nitrogen and oxygen atoms in total. The van der Waals surface area contributed by atoms with Crippen molar-refractivity contribution in [2.24, 2.45) is 0 Å². The number of nitrogens with zero attached hydrogens (tertiary/aromatic N) is 3. The standard InChI is InChI=1S/C24H28N4O2S/c29-31(30,23-11-5-2-6-12-23)26-19-24(22-10-7-13-25-18-22)28-16-14-27(15-17-28)20-21-8-3-1-4-9-21/h1-13,18,24,26H,14-17,19-20H2/t24-/m0/s1. The van der Waals surface area contributed by atoms with Crippen LogP contribution < -0.4 is 4.72 Å². The van der Waals surface area contributed by atoms with Gasteiger partial charge in [-0.2, -0.15) is 0 Å². The average molecular weight is 437 g/mol. The maximum Gasteiger partial charge on any atom is 0.240 e. The normalized spacial score (nSPS) is 16.8. The summed E-state index contributed by atoms with van der Waals surface area (Å²) >= 11 is 0. The van der Waals surface area contributed by atoms with Gasteiger partial charge in [-0.05, 0) is 29.3 Å². The number of piperazine rings is 1. The van der Waals surface area contributed by atoms with Crippen LogP contribution in [0.3, 0.4) is 0 Å². The van der Waals surface area contributed by atoms with E-state index >= 15 is 0 Å². The molecule has 1 atom stereocenters. The van der Waals surface area contributed by atoms with E-state index in [1.807, 2.05) is 30.5 Å². The van der Waals surface area contributed by atoms with Gasteiger partial charge in [0.05, 0.1) is 4.90 Å². The Kier molecular flexibility index (Phi) is 7.09. The SMILES string of the molecule is O=S(=O)(NC[C@@H](c1cccnc1)N1CCN(Cc2ccccc2)CC1)c1ccccc1. The minimum Gasteiger partial charge on any atom is -0.297 e. The highest BCUT2D eigenvalue weighted by Crippen LogP contribution is 2.22.